The van der Waals surface area contributed by atoms with Crippen molar-refractivity contribution in [1.82, 2.24) is 14.9 Å². The van der Waals surface area contributed by atoms with Crippen LogP contribution in [0.3, 0.4) is 0 Å². The van der Waals surface area contributed by atoms with Gasteiger partial charge in [-0.05, 0) is 32.2 Å². The predicted molar refractivity (Wildman–Crippen MR) is 84.5 cm³/mol. The van der Waals surface area contributed by atoms with Crippen molar-refractivity contribution >= 4 is 15.9 Å². The summed E-state index contributed by atoms with van der Waals surface area (Å²) >= 11 is 0. The fourth-order valence-corrected chi connectivity index (χ4v) is 3.76. The van der Waals surface area contributed by atoms with E-state index in [-0.39, 0.29) is 11.3 Å². The number of sulfonamides is 1. The zero-order valence-electron chi connectivity index (χ0n) is 13.4. The van der Waals surface area contributed by atoms with Gasteiger partial charge in [-0.1, -0.05) is 13.8 Å². The minimum Gasteiger partial charge on any atom is -0.356 e. The minimum absolute atomic E-state index is 0.0969. The largest absolute Gasteiger partial charge is 0.356 e. The maximum atomic E-state index is 12.4. The Hall–Kier alpha value is -0.660. The standard InChI is InChI=1S/C14H29N3O3S/c1-4-14(8-6-9-15-12-14)13(18)16-10-7-11-17(5-2)21(3,19)20/h15H,4-12H2,1-3H3,(H,16,18). The van der Waals surface area contributed by atoms with Gasteiger partial charge in [0.15, 0.2) is 0 Å². The quantitative estimate of drug-likeness (QED) is 0.641. The molecule has 0 aromatic carbocycles. The van der Waals surface area contributed by atoms with Crippen LogP contribution >= 0.6 is 0 Å². The molecule has 0 radical (unpaired) electrons. The molecule has 2 N–H and O–H groups in total. The van der Waals surface area contributed by atoms with Gasteiger partial charge in [0, 0.05) is 26.2 Å². The first-order valence-corrected chi connectivity index (χ1v) is 9.64. The van der Waals surface area contributed by atoms with Gasteiger partial charge in [-0.2, -0.15) is 0 Å². The molecule has 1 heterocycles. The Morgan fingerprint density at radius 1 is 1.38 bits per heavy atom. The summed E-state index contributed by atoms with van der Waals surface area (Å²) in [6.45, 7) is 7.03. The van der Waals surface area contributed by atoms with Crippen molar-refractivity contribution in [3.8, 4) is 0 Å². The number of carbonyl (C=O) groups excluding carboxylic acids is 1. The zero-order chi connectivity index (χ0) is 15.9. The molecule has 0 aliphatic carbocycles. The maximum absolute atomic E-state index is 12.4. The van der Waals surface area contributed by atoms with Gasteiger partial charge < -0.3 is 10.6 Å². The van der Waals surface area contributed by atoms with Crippen molar-refractivity contribution in [2.45, 2.75) is 39.5 Å². The summed E-state index contributed by atoms with van der Waals surface area (Å²) in [6.07, 6.45) is 4.64. The van der Waals surface area contributed by atoms with E-state index in [4.69, 9.17) is 0 Å². The maximum Gasteiger partial charge on any atom is 0.227 e. The molecule has 0 saturated carbocycles. The lowest BCUT2D eigenvalue weighted by atomic mass is 9.77. The lowest BCUT2D eigenvalue weighted by molar-refractivity contribution is -0.132. The summed E-state index contributed by atoms with van der Waals surface area (Å²) in [5.41, 5.74) is -0.292. The zero-order valence-corrected chi connectivity index (χ0v) is 14.3. The highest BCUT2D eigenvalue weighted by Gasteiger charge is 2.37. The first kappa shape index (κ1) is 18.4. The van der Waals surface area contributed by atoms with Crippen LogP contribution in [0.2, 0.25) is 0 Å². The third-order valence-electron chi connectivity index (χ3n) is 4.32. The molecule has 1 aliphatic heterocycles. The Kier molecular flexibility index (Phi) is 7.09. The summed E-state index contributed by atoms with van der Waals surface area (Å²) < 4.78 is 24.4. The van der Waals surface area contributed by atoms with Crippen molar-refractivity contribution in [3.05, 3.63) is 0 Å². The molecular formula is C14H29N3O3S. The first-order valence-electron chi connectivity index (χ1n) is 7.80. The van der Waals surface area contributed by atoms with Gasteiger partial charge in [0.2, 0.25) is 15.9 Å². The minimum atomic E-state index is -3.14. The van der Waals surface area contributed by atoms with E-state index in [1.165, 1.54) is 10.6 Å². The third-order valence-corrected chi connectivity index (χ3v) is 5.70. The van der Waals surface area contributed by atoms with E-state index < -0.39 is 10.0 Å². The number of nitrogens with zero attached hydrogens (tertiary/aromatic N) is 1. The lowest BCUT2D eigenvalue weighted by Crippen LogP contribution is -2.50. The van der Waals surface area contributed by atoms with Crippen LogP contribution in [0.15, 0.2) is 0 Å². The van der Waals surface area contributed by atoms with Gasteiger partial charge in [-0.3, -0.25) is 4.79 Å². The highest BCUT2D eigenvalue weighted by Crippen LogP contribution is 2.30. The number of carbonyl (C=O) groups is 1. The van der Waals surface area contributed by atoms with Crippen molar-refractivity contribution in [2.24, 2.45) is 5.41 Å². The van der Waals surface area contributed by atoms with Crippen molar-refractivity contribution < 1.29 is 13.2 Å². The number of piperidine rings is 1. The van der Waals surface area contributed by atoms with Crippen molar-refractivity contribution in [3.63, 3.8) is 0 Å². The highest BCUT2D eigenvalue weighted by molar-refractivity contribution is 7.88. The number of rotatable bonds is 8. The summed E-state index contributed by atoms with van der Waals surface area (Å²) in [4.78, 5) is 12.4. The van der Waals surface area contributed by atoms with Crippen LogP contribution in [0, 0.1) is 5.41 Å². The SMILES string of the molecule is CCN(CCCNC(=O)C1(CC)CCCNC1)S(C)(=O)=O. The smallest absolute Gasteiger partial charge is 0.227 e. The van der Waals surface area contributed by atoms with E-state index in [9.17, 15) is 13.2 Å². The summed E-state index contributed by atoms with van der Waals surface area (Å²) in [5.74, 6) is 0.0969. The molecule has 1 aliphatic rings. The van der Waals surface area contributed by atoms with E-state index in [1.807, 2.05) is 6.92 Å². The average Bonchev–Trinajstić information content (AvgIpc) is 2.46. The molecule has 0 aromatic rings. The van der Waals surface area contributed by atoms with Gasteiger partial charge in [-0.25, -0.2) is 12.7 Å². The Bertz CT molecular complexity index is 431. The normalized spacial score (nSPS) is 23.2. The highest BCUT2D eigenvalue weighted by atomic mass is 32.2. The van der Waals surface area contributed by atoms with Gasteiger partial charge in [0.25, 0.3) is 0 Å². The molecule has 1 saturated heterocycles. The van der Waals surface area contributed by atoms with Gasteiger partial charge in [0.05, 0.1) is 11.7 Å². The van der Waals surface area contributed by atoms with Crippen LogP contribution in [0.1, 0.15) is 39.5 Å². The van der Waals surface area contributed by atoms with E-state index in [0.29, 0.717) is 26.1 Å². The van der Waals surface area contributed by atoms with Gasteiger partial charge in [-0.15, -0.1) is 0 Å². The topological polar surface area (TPSA) is 78.5 Å². The Balaban J connectivity index is 2.39. The molecule has 1 rings (SSSR count). The predicted octanol–water partition coefficient (Wildman–Crippen LogP) is 0.554. The van der Waals surface area contributed by atoms with Crippen LogP contribution in [0.4, 0.5) is 0 Å². The third kappa shape index (κ3) is 5.23. The first-order chi connectivity index (χ1) is 9.85. The Morgan fingerprint density at radius 3 is 2.57 bits per heavy atom. The summed E-state index contributed by atoms with van der Waals surface area (Å²) in [7, 11) is -3.14. The monoisotopic (exact) mass is 319 g/mol. The molecule has 1 unspecified atom stereocenters. The fourth-order valence-electron chi connectivity index (χ4n) is 2.83. The Labute approximate surface area is 128 Å². The molecule has 7 heteroatoms. The second-order valence-corrected chi connectivity index (χ2v) is 7.76. The van der Waals surface area contributed by atoms with Gasteiger partial charge in [0.1, 0.15) is 0 Å². The molecule has 124 valence electrons. The number of amides is 1. The second kappa shape index (κ2) is 8.10. The summed E-state index contributed by atoms with van der Waals surface area (Å²) in [6, 6.07) is 0. The fraction of sp³-hybridized carbons (Fsp3) is 0.929. The van der Waals surface area contributed by atoms with E-state index in [2.05, 4.69) is 17.6 Å². The lowest BCUT2D eigenvalue weighted by Gasteiger charge is -2.35. The second-order valence-electron chi connectivity index (χ2n) is 5.78. The average molecular weight is 319 g/mol. The Morgan fingerprint density at radius 2 is 2.10 bits per heavy atom. The molecule has 1 atom stereocenters. The van der Waals surface area contributed by atoms with Crippen LogP contribution < -0.4 is 10.6 Å². The van der Waals surface area contributed by atoms with Crippen LogP contribution in [0.5, 0.6) is 0 Å². The van der Waals surface area contributed by atoms with E-state index >= 15 is 0 Å². The molecular weight excluding hydrogens is 290 g/mol. The molecule has 1 fully saturated rings. The van der Waals surface area contributed by atoms with E-state index in [1.54, 1.807) is 0 Å². The molecule has 0 spiro atoms. The summed E-state index contributed by atoms with van der Waals surface area (Å²) in [5, 5.41) is 6.27. The molecule has 1 amide bonds. The van der Waals surface area contributed by atoms with Crippen LogP contribution in [-0.2, 0) is 14.8 Å². The molecule has 6 nitrogen and oxygen atoms in total. The number of hydrogen-bond acceptors (Lipinski definition) is 4. The van der Waals surface area contributed by atoms with Crippen molar-refractivity contribution in [2.75, 3.05) is 39.0 Å². The van der Waals surface area contributed by atoms with Crippen LogP contribution in [-0.4, -0.2) is 57.6 Å². The number of hydrogen-bond donors (Lipinski definition) is 2. The van der Waals surface area contributed by atoms with Crippen LogP contribution in [0.25, 0.3) is 0 Å². The molecule has 0 bridgehead atoms. The molecule has 21 heavy (non-hydrogen) atoms. The van der Waals surface area contributed by atoms with Crippen molar-refractivity contribution in [1.29, 1.82) is 0 Å². The number of nitrogens with one attached hydrogen (secondary N) is 2. The molecule has 0 aromatic heterocycles. The van der Waals surface area contributed by atoms with E-state index in [0.717, 1.165) is 32.4 Å². The van der Waals surface area contributed by atoms with Gasteiger partial charge >= 0.3 is 0 Å².